The fourth-order valence-corrected chi connectivity index (χ4v) is 2.38. The fraction of sp³-hybridized carbons (Fsp3) is 0.625. The van der Waals surface area contributed by atoms with Gasteiger partial charge in [0, 0.05) is 44.1 Å². The summed E-state index contributed by atoms with van der Waals surface area (Å²) in [6.07, 6.45) is 1.16. The van der Waals surface area contributed by atoms with Crippen molar-refractivity contribution in [1.82, 2.24) is 9.79 Å². The summed E-state index contributed by atoms with van der Waals surface area (Å²) >= 11 is 0. The smallest absolute Gasteiger partial charge is 0.394 e. The van der Waals surface area contributed by atoms with E-state index >= 15 is 0 Å². The van der Waals surface area contributed by atoms with Gasteiger partial charge in [-0.15, -0.1) is 0 Å². The molecular weight excluding hydrogens is 424 g/mol. The first kappa shape index (κ1) is 29.7. The van der Waals surface area contributed by atoms with Crippen LogP contribution in [-0.4, -0.2) is 75.2 Å². The standard InChI is InChI=1S/C12H21N3O2S.C4H11NO.H2O4S/c1-4-15(8-7-14-18(3,16)17)11-5-6-12(13)10(2)9-11;1-3-5(6)4-2;1-5(2,3)4/h5-6,9,14H,4,7-8,13H2,1-3H3;6H,3-4H2,1-2H3;(H2,1,2,3,4). The molecule has 1 aromatic carbocycles. The van der Waals surface area contributed by atoms with E-state index in [1.54, 1.807) is 0 Å². The Bertz CT molecular complexity index is 774. The van der Waals surface area contributed by atoms with Crippen LogP contribution in [-0.2, 0) is 20.4 Å². The van der Waals surface area contributed by atoms with E-state index in [-0.39, 0.29) is 0 Å². The van der Waals surface area contributed by atoms with Gasteiger partial charge in [-0.25, -0.2) is 13.1 Å². The van der Waals surface area contributed by atoms with Gasteiger partial charge in [-0.1, -0.05) is 13.8 Å². The van der Waals surface area contributed by atoms with E-state index in [1.807, 2.05) is 45.9 Å². The normalized spacial score (nSPS) is 11.2. The highest BCUT2D eigenvalue weighted by molar-refractivity contribution is 7.88. The molecule has 0 bridgehead atoms. The number of aryl methyl sites for hydroxylation is 1. The van der Waals surface area contributed by atoms with E-state index in [2.05, 4.69) is 9.62 Å². The monoisotopic (exact) mass is 458 g/mol. The fourth-order valence-electron chi connectivity index (χ4n) is 1.92. The number of likely N-dealkylation sites (N-methyl/N-ethyl adjacent to an activating group) is 1. The van der Waals surface area contributed by atoms with Crippen molar-refractivity contribution in [3.8, 4) is 0 Å². The van der Waals surface area contributed by atoms with Crippen molar-refractivity contribution in [2.75, 3.05) is 49.6 Å². The number of anilines is 2. The van der Waals surface area contributed by atoms with Crippen molar-refractivity contribution in [2.45, 2.75) is 27.7 Å². The molecule has 0 heterocycles. The largest absolute Gasteiger partial charge is 0.399 e. The second-order valence-corrected chi connectivity index (χ2v) is 8.60. The SMILES string of the molecule is CCN(CCNS(C)(=O)=O)c1ccc(N)c(C)c1.CCN(O)CC.O=S(=O)(O)O. The van der Waals surface area contributed by atoms with E-state index in [0.717, 1.165) is 42.8 Å². The van der Waals surface area contributed by atoms with Gasteiger partial charge in [0.15, 0.2) is 0 Å². The third-order valence-electron chi connectivity index (χ3n) is 3.48. The minimum atomic E-state index is -4.67. The first-order valence-electron chi connectivity index (χ1n) is 8.83. The van der Waals surface area contributed by atoms with Crippen LogP contribution in [0.5, 0.6) is 0 Å². The van der Waals surface area contributed by atoms with Crippen molar-refractivity contribution in [3.63, 3.8) is 0 Å². The molecular formula is C16H34N4O7S2. The highest BCUT2D eigenvalue weighted by Crippen LogP contribution is 2.20. The van der Waals surface area contributed by atoms with Crippen molar-refractivity contribution < 1.29 is 31.1 Å². The van der Waals surface area contributed by atoms with Crippen LogP contribution in [0, 0.1) is 6.92 Å². The van der Waals surface area contributed by atoms with E-state index < -0.39 is 20.4 Å². The minimum Gasteiger partial charge on any atom is -0.399 e. The summed E-state index contributed by atoms with van der Waals surface area (Å²) in [4.78, 5) is 2.10. The number of nitrogens with two attached hydrogens (primary N) is 1. The Balaban J connectivity index is 0. The molecule has 0 saturated heterocycles. The lowest BCUT2D eigenvalue weighted by Crippen LogP contribution is -2.34. The Hall–Kier alpha value is -1.48. The topological polar surface area (TPSA) is 173 Å². The van der Waals surface area contributed by atoms with Gasteiger partial charge in [-0.2, -0.15) is 13.5 Å². The molecule has 0 unspecified atom stereocenters. The maximum Gasteiger partial charge on any atom is 0.394 e. The summed E-state index contributed by atoms with van der Waals surface area (Å²) < 4.78 is 56.1. The lowest BCUT2D eigenvalue weighted by molar-refractivity contribution is -0.0813. The minimum absolute atomic E-state index is 0.399. The summed E-state index contributed by atoms with van der Waals surface area (Å²) in [5.74, 6) is 0. The van der Waals surface area contributed by atoms with Gasteiger partial charge in [0.1, 0.15) is 0 Å². The number of hydroxylamine groups is 2. The molecule has 13 heteroatoms. The molecule has 0 atom stereocenters. The number of nitrogens with one attached hydrogen (secondary N) is 1. The molecule has 6 N–H and O–H groups in total. The maximum absolute atomic E-state index is 11.0. The van der Waals surface area contributed by atoms with Crippen LogP contribution in [0.25, 0.3) is 0 Å². The molecule has 11 nitrogen and oxygen atoms in total. The van der Waals surface area contributed by atoms with E-state index in [9.17, 15) is 8.42 Å². The van der Waals surface area contributed by atoms with Gasteiger partial charge < -0.3 is 15.8 Å². The van der Waals surface area contributed by atoms with Crippen LogP contribution in [0.3, 0.4) is 0 Å². The summed E-state index contributed by atoms with van der Waals surface area (Å²) in [5.41, 5.74) is 8.63. The molecule has 1 aromatic rings. The zero-order chi connectivity index (χ0) is 23.3. The third-order valence-corrected chi connectivity index (χ3v) is 4.20. The number of nitrogens with zero attached hydrogens (tertiary/aromatic N) is 2. The lowest BCUT2D eigenvalue weighted by Gasteiger charge is -2.23. The van der Waals surface area contributed by atoms with Crippen LogP contribution >= 0.6 is 0 Å². The number of hydrogen-bond donors (Lipinski definition) is 5. The Morgan fingerprint density at radius 3 is 1.83 bits per heavy atom. The number of benzene rings is 1. The average molecular weight is 459 g/mol. The van der Waals surface area contributed by atoms with Crippen molar-refractivity contribution in [3.05, 3.63) is 23.8 Å². The molecule has 29 heavy (non-hydrogen) atoms. The molecule has 0 amide bonds. The number of sulfonamides is 1. The Labute approximate surface area is 174 Å². The Morgan fingerprint density at radius 2 is 1.52 bits per heavy atom. The second kappa shape index (κ2) is 14.5. The molecule has 0 aliphatic rings. The van der Waals surface area contributed by atoms with Gasteiger partial charge in [-0.05, 0) is 37.6 Å². The van der Waals surface area contributed by atoms with Crippen LogP contribution < -0.4 is 15.4 Å². The molecule has 0 saturated carbocycles. The molecule has 0 fully saturated rings. The molecule has 0 spiro atoms. The number of hydrogen-bond acceptors (Lipinski definition) is 8. The van der Waals surface area contributed by atoms with Gasteiger partial charge >= 0.3 is 10.4 Å². The van der Waals surface area contributed by atoms with Crippen molar-refractivity contribution in [1.29, 1.82) is 0 Å². The quantitative estimate of drug-likeness (QED) is 0.215. The highest BCUT2D eigenvalue weighted by Gasteiger charge is 2.07. The number of rotatable bonds is 8. The Kier molecular flexibility index (Phi) is 14.9. The summed E-state index contributed by atoms with van der Waals surface area (Å²) in [6, 6.07) is 5.84. The maximum atomic E-state index is 11.0. The number of nitrogen functional groups attached to an aromatic ring is 1. The van der Waals surface area contributed by atoms with Gasteiger partial charge in [-0.3, -0.25) is 9.11 Å². The first-order valence-corrected chi connectivity index (χ1v) is 12.1. The second-order valence-electron chi connectivity index (χ2n) is 5.87. The predicted molar refractivity (Wildman–Crippen MR) is 115 cm³/mol. The lowest BCUT2D eigenvalue weighted by atomic mass is 10.1. The van der Waals surface area contributed by atoms with Gasteiger partial charge in [0.05, 0.1) is 6.26 Å². The van der Waals surface area contributed by atoms with Crippen LogP contribution in [0.1, 0.15) is 26.3 Å². The van der Waals surface area contributed by atoms with E-state index in [1.165, 1.54) is 5.06 Å². The molecule has 0 aromatic heterocycles. The highest BCUT2D eigenvalue weighted by atomic mass is 32.3. The molecule has 0 aliphatic heterocycles. The van der Waals surface area contributed by atoms with E-state index in [0.29, 0.717) is 13.1 Å². The summed E-state index contributed by atoms with van der Waals surface area (Å²) in [6.45, 7) is 11.1. The van der Waals surface area contributed by atoms with Crippen molar-refractivity contribution in [2.24, 2.45) is 0 Å². The van der Waals surface area contributed by atoms with Gasteiger partial charge in [0.25, 0.3) is 0 Å². The molecule has 0 radical (unpaired) electrons. The Morgan fingerprint density at radius 1 is 1.03 bits per heavy atom. The zero-order valence-corrected chi connectivity index (χ0v) is 19.2. The molecule has 172 valence electrons. The molecule has 0 aliphatic carbocycles. The van der Waals surface area contributed by atoms with Crippen LogP contribution in [0.2, 0.25) is 0 Å². The zero-order valence-electron chi connectivity index (χ0n) is 17.5. The van der Waals surface area contributed by atoms with Crippen LogP contribution in [0.15, 0.2) is 18.2 Å². The summed E-state index contributed by atoms with van der Waals surface area (Å²) in [7, 11) is -7.79. The predicted octanol–water partition coefficient (Wildman–Crippen LogP) is 1.02. The van der Waals surface area contributed by atoms with Gasteiger partial charge in [0.2, 0.25) is 10.0 Å². The third kappa shape index (κ3) is 19.6. The first-order chi connectivity index (χ1) is 13.1. The van der Waals surface area contributed by atoms with E-state index in [4.69, 9.17) is 28.5 Å². The average Bonchev–Trinajstić information content (AvgIpc) is 2.58. The van der Waals surface area contributed by atoms with Crippen molar-refractivity contribution >= 4 is 31.8 Å². The molecule has 1 rings (SSSR count). The summed E-state index contributed by atoms with van der Waals surface area (Å²) in [5, 5.41) is 9.75. The van der Waals surface area contributed by atoms with Crippen LogP contribution in [0.4, 0.5) is 11.4 Å².